The summed E-state index contributed by atoms with van der Waals surface area (Å²) in [5.41, 5.74) is -1.97. The van der Waals surface area contributed by atoms with Crippen molar-refractivity contribution in [1.82, 2.24) is 19.3 Å². The molecule has 0 spiro atoms. The van der Waals surface area contributed by atoms with Crippen LogP contribution in [-0.2, 0) is 10.3 Å². The molecule has 0 amide bonds. The van der Waals surface area contributed by atoms with Crippen molar-refractivity contribution in [3.8, 4) is 5.00 Å². The number of Topliss-reactive ketones (excluding diaryl/α,β-unsaturated/α-hetero) is 1. The third-order valence-electron chi connectivity index (χ3n) is 7.88. The van der Waals surface area contributed by atoms with E-state index in [2.05, 4.69) is 10.1 Å². The molecule has 0 aliphatic heterocycles. The maximum absolute atomic E-state index is 14.1. The second-order valence-corrected chi connectivity index (χ2v) is 16.2. The van der Waals surface area contributed by atoms with Gasteiger partial charge in [-0.25, -0.2) is 14.0 Å². The SMILES string of the molecule is Cc1c(-n2cccn2)sc2[nH]c(=O)n(C(C)(C)C(=O)CC(C)(C)[Si](O)(c3ccccc3)c3ccccc3)c(=O)c12. The third kappa shape index (κ3) is 4.32. The first-order chi connectivity index (χ1) is 18.9. The molecule has 5 aromatic rings. The van der Waals surface area contributed by atoms with Crippen LogP contribution >= 0.6 is 11.3 Å². The summed E-state index contributed by atoms with van der Waals surface area (Å²) in [7, 11) is -3.48. The molecule has 0 unspecified atom stereocenters. The molecule has 0 aliphatic carbocycles. The monoisotopic (exact) mass is 572 g/mol. The zero-order valence-corrected chi connectivity index (χ0v) is 25.0. The second kappa shape index (κ2) is 9.95. The van der Waals surface area contributed by atoms with Crippen molar-refractivity contribution < 1.29 is 9.59 Å². The molecule has 8 nitrogen and oxygen atoms in total. The van der Waals surface area contributed by atoms with Crippen molar-refractivity contribution in [2.24, 2.45) is 0 Å². The van der Waals surface area contributed by atoms with Gasteiger partial charge in [-0.05, 0) is 42.2 Å². The molecule has 10 heteroatoms. The number of thiophene rings is 1. The molecular formula is C30H32N4O4SSi. The first-order valence-electron chi connectivity index (χ1n) is 13.1. The van der Waals surface area contributed by atoms with E-state index in [0.29, 0.717) is 15.8 Å². The largest absolute Gasteiger partial charge is 0.424 e. The quantitative estimate of drug-likeness (QED) is 0.277. The van der Waals surface area contributed by atoms with Crippen LogP contribution in [0.15, 0.2) is 88.7 Å². The Morgan fingerprint density at radius 2 is 1.55 bits per heavy atom. The minimum atomic E-state index is -3.48. The normalized spacial score (nSPS) is 12.7. The van der Waals surface area contributed by atoms with Gasteiger partial charge in [0.25, 0.3) is 13.9 Å². The van der Waals surface area contributed by atoms with E-state index in [1.54, 1.807) is 37.0 Å². The standard InChI is InChI=1S/C30H32N4O4SSi/c1-20-24-25(39-27(20)33-18-12-17-31-33)32-28(37)34(26(24)36)30(4,5)23(35)19-29(2,3)40(38,21-13-8-6-9-14-21)22-15-10-7-11-16-22/h6-18,38H,19H2,1-5H3,(H,32,37). The number of aromatic amines is 1. The van der Waals surface area contributed by atoms with Crippen molar-refractivity contribution in [1.29, 1.82) is 0 Å². The fourth-order valence-corrected chi connectivity index (χ4v) is 10.3. The van der Waals surface area contributed by atoms with Crippen LogP contribution in [0, 0.1) is 6.92 Å². The molecule has 0 fully saturated rings. The van der Waals surface area contributed by atoms with Crippen molar-refractivity contribution in [2.75, 3.05) is 0 Å². The van der Waals surface area contributed by atoms with Crippen LogP contribution in [0.5, 0.6) is 0 Å². The number of aryl methyl sites for hydroxylation is 1. The number of fused-ring (bicyclic) bond motifs is 1. The molecule has 2 N–H and O–H groups in total. The summed E-state index contributed by atoms with van der Waals surface area (Å²) in [5, 5.41) is 6.03. The highest BCUT2D eigenvalue weighted by Gasteiger charge is 2.52. The Bertz CT molecular complexity index is 1760. The summed E-state index contributed by atoms with van der Waals surface area (Å²) in [6.45, 7) is 8.78. The molecule has 0 aliphatic rings. The van der Waals surface area contributed by atoms with Gasteiger partial charge in [0.1, 0.15) is 15.4 Å². The van der Waals surface area contributed by atoms with Gasteiger partial charge in [0.15, 0.2) is 5.78 Å². The van der Waals surface area contributed by atoms with Crippen molar-refractivity contribution in [3.05, 3.63) is 106 Å². The zero-order valence-electron chi connectivity index (χ0n) is 23.1. The summed E-state index contributed by atoms with van der Waals surface area (Å²) < 4.78 is 2.67. The van der Waals surface area contributed by atoms with Gasteiger partial charge in [-0.2, -0.15) is 5.10 Å². The molecule has 5 rings (SSSR count). The highest BCUT2D eigenvalue weighted by Crippen LogP contribution is 2.41. The summed E-state index contributed by atoms with van der Waals surface area (Å²) in [5.74, 6) is -0.317. The van der Waals surface area contributed by atoms with Crippen molar-refractivity contribution >= 4 is 46.0 Å². The first-order valence-corrected chi connectivity index (χ1v) is 15.8. The number of aromatic nitrogens is 4. The number of rotatable bonds is 8. The number of nitrogens with zero attached hydrogens (tertiary/aromatic N) is 3. The number of carbonyl (C=O) groups is 1. The molecule has 0 atom stereocenters. The number of ketones is 1. The van der Waals surface area contributed by atoms with Crippen molar-refractivity contribution in [2.45, 2.75) is 51.6 Å². The Kier molecular flexibility index (Phi) is 6.89. The Labute approximate surface area is 236 Å². The number of H-pyrrole nitrogens is 1. The highest BCUT2D eigenvalue weighted by atomic mass is 32.1. The van der Waals surface area contributed by atoms with E-state index in [4.69, 9.17) is 0 Å². The molecule has 3 heterocycles. The van der Waals surface area contributed by atoms with Crippen LogP contribution < -0.4 is 21.6 Å². The zero-order chi connectivity index (χ0) is 28.9. The van der Waals surface area contributed by atoms with Gasteiger partial charge in [-0.1, -0.05) is 85.8 Å². The summed E-state index contributed by atoms with van der Waals surface area (Å²) in [6, 6.07) is 20.7. The average molecular weight is 573 g/mol. The van der Waals surface area contributed by atoms with E-state index in [1.807, 2.05) is 81.4 Å². The second-order valence-electron chi connectivity index (χ2n) is 11.2. The lowest BCUT2D eigenvalue weighted by molar-refractivity contribution is -0.127. The Morgan fingerprint density at radius 3 is 2.08 bits per heavy atom. The molecule has 0 saturated carbocycles. The molecule has 2 aromatic carbocycles. The van der Waals surface area contributed by atoms with Gasteiger partial charge in [0, 0.05) is 24.4 Å². The number of hydrogen-bond donors (Lipinski definition) is 2. The topological polar surface area (TPSA) is 110 Å². The van der Waals surface area contributed by atoms with E-state index in [1.165, 1.54) is 11.3 Å². The predicted octanol–water partition coefficient (Wildman–Crippen LogP) is 3.47. The van der Waals surface area contributed by atoms with Crippen LogP contribution in [0.2, 0.25) is 5.04 Å². The minimum absolute atomic E-state index is 0.0441. The Balaban J connectivity index is 1.59. The number of hydrogen-bond acceptors (Lipinski definition) is 6. The lowest BCUT2D eigenvalue weighted by Crippen LogP contribution is -2.66. The molecule has 3 aromatic heterocycles. The van der Waals surface area contributed by atoms with Gasteiger partial charge >= 0.3 is 5.69 Å². The highest BCUT2D eigenvalue weighted by molar-refractivity contribution is 7.21. The van der Waals surface area contributed by atoms with Gasteiger partial charge in [0.2, 0.25) is 0 Å². The van der Waals surface area contributed by atoms with Crippen LogP contribution in [-0.4, -0.2) is 38.2 Å². The third-order valence-corrected chi connectivity index (χ3v) is 13.6. The van der Waals surface area contributed by atoms with Crippen LogP contribution in [0.1, 0.15) is 39.7 Å². The van der Waals surface area contributed by atoms with Gasteiger partial charge < -0.3 is 4.80 Å². The number of benzene rings is 2. The van der Waals surface area contributed by atoms with Crippen LogP contribution in [0.25, 0.3) is 15.2 Å². The fraction of sp³-hybridized carbons (Fsp3) is 0.267. The number of carbonyl (C=O) groups excluding carboxylic acids is 1. The Hall–Kier alpha value is -3.86. The maximum atomic E-state index is 14.1. The number of nitrogens with one attached hydrogen (secondary N) is 1. The molecule has 0 bridgehead atoms. The molecule has 40 heavy (non-hydrogen) atoms. The van der Waals surface area contributed by atoms with Crippen LogP contribution in [0.4, 0.5) is 0 Å². The lowest BCUT2D eigenvalue weighted by atomic mass is 9.91. The lowest BCUT2D eigenvalue weighted by Gasteiger charge is -2.42. The van der Waals surface area contributed by atoms with Gasteiger partial charge in [-0.15, -0.1) is 0 Å². The van der Waals surface area contributed by atoms with E-state index < -0.39 is 30.1 Å². The summed E-state index contributed by atoms with van der Waals surface area (Å²) >= 11 is 1.27. The first kappa shape index (κ1) is 27.7. The molecule has 0 radical (unpaired) electrons. The van der Waals surface area contributed by atoms with E-state index in [9.17, 15) is 19.2 Å². The predicted molar refractivity (Wildman–Crippen MR) is 162 cm³/mol. The van der Waals surface area contributed by atoms with Gasteiger partial charge in [-0.3, -0.25) is 14.6 Å². The maximum Gasteiger partial charge on any atom is 0.330 e. The van der Waals surface area contributed by atoms with Crippen LogP contribution in [0.3, 0.4) is 0 Å². The summed E-state index contributed by atoms with van der Waals surface area (Å²) in [6.07, 6.45) is 3.37. The van der Waals surface area contributed by atoms with Crippen molar-refractivity contribution in [3.63, 3.8) is 0 Å². The fourth-order valence-electron chi connectivity index (χ4n) is 5.50. The molecular weight excluding hydrogens is 541 g/mol. The molecule has 206 valence electrons. The Morgan fingerprint density at radius 1 is 0.975 bits per heavy atom. The van der Waals surface area contributed by atoms with E-state index in [0.717, 1.165) is 19.9 Å². The van der Waals surface area contributed by atoms with E-state index >= 15 is 0 Å². The van der Waals surface area contributed by atoms with E-state index in [-0.39, 0.29) is 12.2 Å². The molecule has 0 saturated heterocycles. The summed E-state index contributed by atoms with van der Waals surface area (Å²) in [4.78, 5) is 57.0. The smallest absolute Gasteiger partial charge is 0.330 e. The average Bonchev–Trinajstić information content (AvgIpc) is 3.56. The minimum Gasteiger partial charge on any atom is -0.424 e. The van der Waals surface area contributed by atoms with Gasteiger partial charge in [0.05, 0.1) is 5.39 Å².